The number of rotatable bonds is 4. The Morgan fingerprint density at radius 2 is 1.89 bits per heavy atom. The van der Waals surface area contributed by atoms with Gasteiger partial charge in [-0.2, -0.15) is 5.10 Å². The molecular formula is C18H12Cl4FN3O. The zero-order chi connectivity index (χ0) is 19.7. The second-order valence-electron chi connectivity index (χ2n) is 5.68. The molecule has 3 rings (SSSR count). The average molecular weight is 447 g/mol. The van der Waals surface area contributed by atoms with Gasteiger partial charge in [-0.25, -0.2) is 4.39 Å². The van der Waals surface area contributed by atoms with Gasteiger partial charge in [0.1, 0.15) is 11.5 Å². The summed E-state index contributed by atoms with van der Waals surface area (Å²) >= 11 is 23.8. The smallest absolute Gasteiger partial charge is 0.259 e. The maximum atomic E-state index is 13.8. The fourth-order valence-electron chi connectivity index (χ4n) is 2.56. The Labute approximate surface area is 174 Å². The summed E-state index contributed by atoms with van der Waals surface area (Å²) in [7, 11) is 1.65. The SMILES string of the molecule is Cn1cc(C(=O)Nc2ccc(F)cc2-c2ccc(Cl)c(Cl)c2)c(C(Cl)Cl)n1. The van der Waals surface area contributed by atoms with Crippen molar-refractivity contribution in [2.45, 2.75) is 4.84 Å². The topological polar surface area (TPSA) is 46.9 Å². The van der Waals surface area contributed by atoms with Crippen molar-refractivity contribution in [1.29, 1.82) is 0 Å². The van der Waals surface area contributed by atoms with Gasteiger partial charge in [-0.15, -0.1) is 0 Å². The van der Waals surface area contributed by atoms with Crippen molar-refractivity contribution in [3.05, 3.63) is 69.7 Å². The number of carbonyl (C=O) groups is 1. The van der Waals surface area contributed by atoms with Crippen molar-refractivity contribution >= 4 is 58.0 Å². The molecule has 0 saturated carbocycles. The van der Waals surface area contributed by atoms with Gasteiger partial charge in [0.25, 0.3) is 5.91 Å². The van der Waals surface area contributed by atoms with Gasteiger partial charge in [0.05, 0.1) is 15.6 Å². The van der Waals surface area contributed by atoms with Crippen LogP contribution in [-0.4, -0.2) is 15.7 Å². The van der Waals surface area contributed by atoms with Crippen LogP contribution in [0.4, 0.5) is 10.1 Å². The highest BCUT2D eigenvalue weighted by Crippen LogP contribution is 2.34. The number of nitrogens with zero attached hydrogens (tertiary/aromatic N) is 2. The molecule has 0 aliphatic rings. The molecule has 0 unspecified atom stereocenters. The van der Waals surface area contributed by atoms with Crippen LogP contribution in [-0.2, 0) is 7.05 Å². The van der Waals surface area contributed by atoms with E-state index < -0.39 is 16.6 Å². The van der Waals surface area contributed by atoms with E-state index in [2.05, 4.69) is 10.4 Å². The van der Waals surface area contributed by atoms with E-state index in [1.54, 1.807) is 25.2 Å². The third kappa shape index (κ3) is 4.38. The van der Waals surface area contributed by atoms with E-state index in [-0.39, 0.29) is 11.3 Å². The van der Waals surface area contributed by atoms with Crippen LogP contribution in [0.15, 0.2) is 42.6 Å². The van der Waals surface area contributed by atoms with Crippen LogP contribution < -0.4 is 5.32 Å². The monoisotopic (exact) mass is 445 g/mol. The van der Waals surface area contributed by atoms with Crippen LogP contribution >= 0.6 is 46.4 Å². The number of nitrogens with one attached hydrogen (secondary N) is 1. The van der Waals surface area contributed by atoms with E-state index in [0.717, 1.165) is 0 Å². The van der Waals surface area contributed by atoms with Crippen molar-refractivity contribution in [1.82, 2.24) is 9.78 Å². The summed E-state index contributed by atoms with van der Waals surface area (Å²) in [4.78, 5) is 11.8. The minimum absolute atomic E-state index is 0.219. The number of anilines is 1. The molecule has 3 aromatic rings. The Morgan fingerprint density at radius 3 is 2.56 bits per heavy atom. The molecule has 0 atom stereocenters. The molecule has 27 heavy (non-hydrogen) atoms. The summed E-state index contributed by atoms with van der Waals surface area (Å²) in [5, 5.41) is 7.52. The quantitative estimate of drug-likeness (QED) is 0.480. The molecule has 0 aliphatic heterocycles. The third-order valence-electron chi connectivity index (χ3n) is 3.77. The molecule has 9 heteroatoms. The van der Waals surface area contributed by atoms with E-state index >= 15 is 0 Å². The zero-order valence-corrected chi connectivity index (χ0v) is 16.8. The van der Waals surface area contributed by atoms with E-state index in [1.807, 2.05) is 0 Å². The lowest BCUT2D eigenvalue weighted by Gasteiger charge is -2.12. The number of halogens is 5. The standard InChI is InChI=1S/C18H12Cl4FN3O/c1-26-8-12(16(25-26)17(21)22)18(27)24-15-5-3-10(23)7-11(15)9-2-4-13(19)14(20)6-9/h2-8,17H,1H3,(H,24,27). The first-order valence-corrected chi connectivity index (χ1v) is 9.27. The lowest BCUT2D eigenvalue weighted by Crippen LogP contribution is -2.14. The van der Waals surface area contributed by atoms with Crippen LogP contribution in [0.25, 0.3) is 11.1 Å². The zero-order valence-electron chi connectivity index (χ0n) is 13.8. The summed E-state index contributed by atoms with van der Waals surface area (Å²) in [5.41, 5.74) is 1.88. The minimum atomic E-state index is -0.963. The molecule has 4 nitrogen and oxygen atoms in total. The Bertz CT molecular complexity index is 1020. The van der Waals surface area contributed by atoms with Crippen molar-refractivity contribution in [2.75, 3.05) is 5.32 Å². The first-order valence-electron chi connectivity index (χ1n) is 7.64. The molecule has 0 radical (unpaired) electrons. The number of aryl methyl sites for hydroxylation is 1. The highest BCUT2D eigenvalue weighted by atomic mass is 35.5. The molecule has 1 heterocycles. The highest BCUT2D eigenvalue weighted by molar-refractivity contribution is 6.44. The van der Waals surface area contributed by atoms with Crippen LogP contribution in [0.5, 0.6) is 0 Å². The number of aromatic nitrogens is 2. The maximum Gasteiger partial charge on any atom is 0.259 e. The molecule has 0 bridgehead atoms. The molecular weight excluding hydrogens is 435 g/mol. The molecule has 140 valence electrons. The Morgan fingerprint density at radius 1 is 1.15 bits per heavy atom. The number of alkyl halides is 2. The first-order chi connectivity index (χ1) is 12.8. The minimum Gasteiger partial charge on any atom is -0.321 e. The van der Waals surface area contributed by atoms with Crippen molar-refractivity contribution in [2.24, 2.45) is 7.05 Å². The summed E-state index contributed by atoms with van der Waals surface area (Å²) < 4.78 is 15.3. The Balaban J connectivity index is 2.01. The van der Waals surface area contributed by atoms with Gasteiger partial charge in [-0.1, -0.05) is 52.5 Å². The number of benzene rings is 2. The Kier molecular flexibility index (Phi) is 5.96. The van der Waals surface area contributed by atoms with Gasteiger partial charge in [0.2, 0.25) is 0 Å². The molecule has 1 aromatic heterocycles. The predicted molar refractivity (Wildman–Crippen MR) is 107 cm³/mol. The van der Waals surface area contributed by atoms with Crippen molar-refractivity contribution in [3.63, 3.8) is 0 Å². The van der Waals surface area contributed by atoms with Gasteiger partial charge in [0, 0.05) is 24.5 Å². The number of carbonyl (C=O) groups excluding carboxylic acids is 1. The maximum absolute atomic E-state index is 13.8. The van der Waals surface area contributed by atoms with E-state index in [1.165, 1.54) is 29.1 Å². The molecule has 0 spiro atoms. The van der Waals surface area contributed by atoms with Gasteiger partial charge in [-0.3, -0.25) is 9.48 Å². The van der Waals surface area contributed by atoms with Crippen LogP contribution in [0.3, 0.4) is 0 Å². The lowest BCUT2D eigenvalue weighted by atomic mass is 10.0. The first kappa shape index (κ1) is 20.0. The lowest BCUT2D eigenvalue weighted by molar-refractivity contribution is 0.102. The third-order valence-corrected chi connectivity index (χ3v) is 4.92. The molecule has 0 fully saturated rings. The summed E-state index contributed by atoms with van der Waals surface area (Å²) in [6.07, 6.45) is 1.50. The van der Waals surface area contributed by atoms with Crippen LogP contribution in [0.1, 0.15) is 20.9 Å². The second-order valence-corrected chi connectivity index (χ2v) is 7.59. The molecule has 1 N–H and O–H groups in total. The largest absolute Gasteiger partial charge is 0.321 e. The van der Waals surface area contributed by atoms with Crippen LogP contribution in [0.2, 0.25) is 10.0 Å². The molecule has 0 aliphatic carbocycles. The van der Waals surface area contributed by atoms with Crippen molar-refractivity contribution in [3.8, 4) is 11.1 Å². The highest BCUT2D eigenvalue weighted by Gasteiger charge is 2.21. The summed E-state index contributed by atoms with van der Waals surface area (Å²) in [6.45, 7) is 0. The van der Waals surface area contributed by atoms with E-state index in [0.29, 0.717) is 26.9 Å². The predicted octanol–water partition coefficient (Wildman–Crippen LogP) is 6.26. The van der Waals surface area contributed by atoms with Gasteiger partial charge in [0.15, 0.2) is 4.84 Å². The van der Waals surface area contributed by atoms with Crippen LogP contribution in [0, 0.1) is 5.82 Å². The summed E-state index contributed by atoms with van der Waals surface area (Å²) in [6, 6.07) is 8.87. The fraction of sp³-hybridized carbons (Fsp3) is 0.111. The fourth-order valence-corrected chi connectivity index (χ4v) is 3.18. The number of amides is 1. The number of hydrogen-bond donors (Lipinski definition) is 1. The van der Waals surface area contributed by atoms with Crippen molar-refractivity contribution < 1.29 is 9.18 Å². The van der Waals surface area contributed by atoms with E-state index in [9.17, 15) is 9.18 Å². The molecule has 0 saturated heterocycles. The van der Waals surface area contributed by atoms with E-state index in [4.69, 9.17) is 46.4 Å². The summed E-state index contributed by atoms with van der Waals surface area (Å²) in [5.74, 6) is -0.935. The van der Waals surface area contributed by atoms with Gasteiger partial charge < -0.3 is 5.32 Å². The molecule has 2 aromatic carbocycles. The second kappa shape index (κ2) is 8.07. The molecule has 1 amide bonds. The average Bonchev–Trinajstić information content (AvgIpc) is 3.01. The normalized spacial score (nSPS) is 11.1. The Hall–Kier alpha value is -1.79. The van der Waals surface area contributed by atoms with Gasteiger partial charge >= 0.3 is 0 Å². The number of hydrogen-bond acceptors (Lipinski definition) is 2. The van der Waals surface area contributed by atoms with Gasteiger partial charge in [-0.05, 0) is 35.9 Å².